The molecule has 0 saturated carbocycles. The molecular formula is C12H17ClN6O. The van der Waals surface area contributed by atoms with Gasteiger partial charge >= 0.3 is 0 Å². The predicted molar refractivity (Wildman–Crippen MR) is 74.8 cm³/mol. The van der Waals surface area contributed by atoms with Crippen LogP contribution >= 0.6 is 11.6 Å². The van der Waals surface area contributed by atoms with E-state index in [1.165, 1.54) is 0 Å². The summed E-state index contributed by atoms with van der Waals surface area (Å²) in [6.45, 7) is 6.76. The summed E-state index contributed by atoms with van der Waals surface area (Å²) in [5, 5.41) is 14.0. The molecule has 0 saturated heterocycles. The van der Waals surface area contributed by atoms with Gasteiger partial charge in [0.15, 0.2) is 5.69 Å². The van der Waals surface area contributed by atoms with Crippen LogP contribution in [-0.2, 0) is 6.54 Å². The van der Waals surface area contributed by atoms with Gasteiger partial charge in [0.05, 0.1) is 10.7 Å². The topological polar surface area (TPSA) is 88.5 Å². The van der Waals surface area contributed by atoms with Crippen molar-refractivity contribution >= 4 is 17.5 Å². The lowest BCUT2D eigenvalue weighted by Gasteiger charge is -2.05. The lowest BCUT2D eigenvalue weighted by atomic mass is 10.3. The van der Waals surface area contributed by atoms with E-state index in [0.29, 0.717) is 23.8 Å². The van der Waals surface area contributed by atoms with Crippen LogP contribution in [0.2, 0.25) is 5.02 Å². The maximum absolute atomic E-state index is 11.8. The van der Waals surface area contributed by atoms with Gasteiger partial charge in [0.1, 0.15) is 11.6 Å². The Balaban J connectivity index is 1.80. The van der Waals surface area contributed by atoms with Gasteiger partial charge in [-0.15, -0.1) is 0 Å². The molecule has 20 heavy (non-hydrogen) atoms. The minimum Gasteiger partial charge on any atom is -0.351 e. The van der Waals surface area contributed by atoms with E-state index in [1.807, 2.05) is 18.5 Å². The number of amides is 1. The summed E-state index contributed by atoms with van der Waals surface area (Å²) in [7, 11) is 0. The number of nitrogens with zero attached hydrogens (tertiary/aromatic N) is 4. The quantitative estimate of drug-likeness (QED) is 0.816. The van der Waals surface area contributed by atoms with Gasteiger partial charge in [0.25, 0.3) is 5.91 Å². The standard InChI is InChI=1S/C12H17ClN6O/c1-7-10(13)11(17-16-7)12(20)14-5-4-6-19-9(3)15-8(2)18-19/h4-6H2,1-3H3,(H,14,20)(H,16,17). The Morgan fingerprint density at radius 1 is 1.40 bits per heavy atom. The lowest BCUT2D eigenvalue weighted by molar-refractivity contribution is 0.0947. The molecule has 0 atom stereocenters. The van der Waals surface area contributed by atoms with Crippen LogP contribution in [-0.4, -0.2) is 37.4 Å². The molecule has 0 aliphatic rings. The Hall–Kier alpha value is -1.89. The molecule has 0 fully saturated rings. The van der Waals surface area contributed by atoms with Gasteiger partial charge in [-0.25, -0.2) is 4.98 Å². The Morgan fingerprint density at radius 2 is 2.15 bits per heavy atom. The van der Waals surface area contributed by atoms with Crippen LogP contribution in [0.3, 0.4) is 0 Å². The van der Waals surface area contributed by atoms with E-state index in [1.54, 1.807) is 6.92 Å². The Labute approximate surface area is 121 Å². The number of halogens is 1. The van der Waals surface area contributed by atoms with Crippen molar-refractivity contribution in [2.75, 3.05) is 6.54 Å². The Morgan fingerprint density at radius 3 is 2.70 bits per heavy atom. The van der Waals surface area contributed by atoms with Crippen molar-refractivity contribution in [2.45, 2.75) is 33.7 Å². The van der Waals surface area contributed by atoms with E-state index < -0.39 is 0 Å². The van der Waals surface area contributed by atoms with E-state index in [2.05, 4.69) is 25.6 Å². The number of H-pyrrole nitrogens is 1. The number of rotatable bonds is 5. The van der Waals surface area contributed by atoms with Gasteiger partial charge in [-0.1, -0.05) is 11.6 Å². The number of aromatic amines is 1. The molecule has 8 heteroatoms. The lowest BCUT2D eigenvalue weighted by Crippen LogP contribution is -2.26. The molecule has 108 valence electrons. The molecule has 0 bridgehead atoms. The van der Waals surface area contributed by atoms with Crippen LogP contribution < -0.4 is 5.32 Å². The highest BCUT2D eigenvalue weighted by molar-refractivity contribution is 6.34. The minimum absolute atomic E-state index is 0.233. The van der Waals surface area contributed by atoms with Crippen molar-refractivity contribution in [2.24, 2.45) is 0 Å². The molecule has 2 heterocycles. The molecule has 2 aromatic rings. The fraction of sp³-hybridized carbons (Fsp3) is 0.500. The zero-order valence-corrected chi connectivity index (χ0v) is 12.5. The molecule has 2 N–H and O–H groups in total. The molecule has 2 rings (SSSR count). The largest absolute Gasteiger partial charge is 0.351 e. The van der Waals surface area contributed by atoms with Crippen molar-refractivity contribution in [1.29, 1.82) is 0 Å². The maximum Gasteiger partial charge on any atom is 0.273 e. The highest BCUT2D eigenvalue weighted by atomic mass is 35.5. The van der Waals surface area contributed by atoms with Crippen molar-refractivity contribution in [3.8, 4) is 0 Å². The first-order chi connectivity index (χ1) is 9.49. The first kappa shape index (κ1) is 14.5. The fourth-order valence-electron chi connectivity index (χ4n) is 1.85. The SMILES string of the molecule is Cc1nc(C)n(CCCNC(=O)c2n[nH]c(C)c2Cl)n1. The zero-order chi connectivity index (χ0) is 14.7. The maximum atomic E-state index is 11.8. The summed E-state index contributed by atoms with van der Waals surface area (Å²) in [6.07, 6.45) is 0.760. The average molecular weight is 297 g/mol. The summed E-state index contributed by atoms with van der Waals surface area (Å²) in [5.41, 5.74) is 0.919. The van der Waals surface area contributed by atoms with Crippen molar-refractivity contribution in [3.05, 3.63) is 28.1 Å². The molecule has 2 aromatic heterocycles. The predicted octanol–water partition coefficient (Wildman–Crippen LogP) is 1.40. The van der Waals surface area contributed by atoms with Crippen LogP contribution in [0.1, 0.15) is 34.3 Å². The summed E-state index contributed by atoms with van der Waals surface area (Å²) >= 11 is 5.96. The molecule has 0 aliphatic carbocycles. The van der Waals surface area contributed by atoms with Crippen LogP contribution in [0, 0.1) is 20.8 Å². The first-order valence-electron chi connectivity index (χ1n) is 6.35. The van der Waals surface area contributed by atoms with Crippen LogP contribution in [0.25, 0.3) is 0 Å². The van der Waals surface area contributed by atoms with Crippen molar-refractivity contribution < 1.29 is 4.79 Å². The number of nitrogens with one attached hydrogen (secondary N) is 2. The molecule has 7 nitrogen and oxygen atoms in total. The zero-order valence-electron chi connectivity index (χ0n) is 11.7. The van der Waals surface area contributed by atoms with Crippen LogP contribution in [0.5, 0.6) is 0 Å². The second-order valence-corrected chi connectivity index (χ2v) is 4.93. The second kappa shape index (κ2) is 6.04. The fourth-order valence-corrected chi connectivity index (χ4v) is 2.02. The number of aromatic nitrogens is 5. The molecule has 0 radical (unpaired) electrons. The number of hydrogen-bond acceptors (Lipinski definition) is 4. The van der Waals surface area contributed by atoms with Gasteiger partial charge in [-0.05, 0) is 27.2 Å². The van der Waals surface area contributed by atoms with Gasteiger partial charge in [0, 0.05) is 13.1 Å². The van der Waals surface area contributed by atoms with Gasteiger partial charge in [-0.3, -0.25) is 14.6 Å². The molecule has 0 unspecified atom stereocenters. The van der Waals surface area contributed by atoms with E-state index in [4.69, 9.17) is 11.6 Å². The van der Waals surface area contributed by atoms with Gasteiger partial charge in [0.2, 0.25) is 0 Å². The Kier molecular flexibility index (Phi) is 4.39. The number of hydrogen-bond donors (Lipinski definition) is 2. The first-order valence-corrected chi connectivity index (χ1v) is 6.73. The molecule has 0 aromatic carbocycles. The van der Waals surface area contributed by atoms with E-state index in [9.17, 15) is 4.79 Å². The van der Waals surface area contributed by atoms with Gasteiger partial charge in [-0.2, -0.15) is 10.2 Å². The van der Waals surface area contributed by atoms with Crippen LogP contribution in [0.4, 0.5) is 0 Å². The van der Waals surface area contributed by atoms with E-state index >= 15 is 0 Å². The van der Waals surface area contributed by atoms with E-state index in [0.717, 1.165) is 18.1 Å². The monoisotopic (exact) mass is 296 g/mol. The third-order valence-electron chi connectivity index (χ3n) is 2.88. The summed E-state index contributed by atoms with van der Waals surface area (Å²) in [4.78, 5) is 16.1. The smallest absolute Gasteiger partial charge is 0.273 e. The van der Waals surface area contributed by atoms with Crippen molar-refractivity contribution in [3.63, 3.8) is 0 Å². The summed E-state index contributed by atoms with van der Waals surface area (Å²) in [6, 6.07) is 0. The average Bonchev–Trinajstić information content (AvgIpc) is 2.89. The second-order valence-electron chi connectivity index (χ2n) is 4.55. The number of aryl methyl sites for hydroxylation is 4. The van der Waals surface area contributed by atoms with Gasteiger partial charge < -0.3 is 5.32 Å². The minimum atomic E-state index is -0.272. The molecule has 1 amide bonds. The normalized spacial score (nSPS) is 10.8. The molecule has 0 aliphatic heterocycles. The Bertz CT molecular complexity index is 617. The third-order valence-corrected chi connectivity index (χ3v) is 3.34. The number of carbonyl (C=O) groups is 1. The van der Waals surface area contributed by atoms with Crippen molar-refractivity contribution in [1.82, 2.24) is 30.3 Å². The third kappa shape index (κ3) is 3.16. The molecule has 0 spiro atoms. The number of carbonyl (C=O) groups excluding carboxylic acids is 1. The van der Waals surface area contributed by atoms with E-state index in [-0.39, 0.29) is 11.6 Å². The highest BCUT2D eigenvalue weighted by Gasteiger charge is 2.15. The van der Waals surface area contributed by atoms with Crippen LogP contribution in [0.15, 0.2) is 0 Å². The highest BCUT2D eigenvalue weighted by Crippen LogP contribution is 2.16. The summed E-state index contributed by atoms with van der Waals surface area (Å²) in [5.74, 6) is 1.36. The summed E-state index contributed by atoms with van der Waals surface area (Å²) < 4.78 is 1.83. The molecular weight excluding hydrogens is 280 g/mol.